The third-order valence-electron chi connectivity index (χ3n) is 7.64. The highest BCUT2D eigenvalue weighted by molar-refractivity contribution is 5.76. The molecular formula is C27H34N6O4. The fourth-order valence-electron chi connectivity index (χ4n) is 5.41. The first kappa shape index (κ1) is 25.0. The Morgan fingerprint density at radius 1 is 1.05 bits per heavy atom. The summed E-state index contributed by atoms with van der Waals surface area (Å²) in [5.41, 5.74) is 2.67. The van der Waals surface area contributed by atoms with Crippen molar-refractivity contribution in [1.29, 1.82) is 0 Å². The maximum absolute atomic E-state index is 13.7. The van der Waals surface area contributed by atoms with Crippen molar-refractivity contribution in [2.75, 3.05) is 32.1 Å². The molecule has 1 saturated carbocycles. The molecule has 1 aliphatic carbocycles. The van der Waals surface area contributed by atoms with Crippen molar-refractivity contribution in [2.45, 2.75) is 51.5 Å². The quantitative estimate of drug-likeness (QED) is 0.488. The lowest BCUT2D eigenvalue weighted by Crippen LogP contribution is -2.39. The SMILES string of the molecule is COc1ccc(-c2ccc3nc(NCC4CCN(C(=O)O)CC4)c(=O)n(CC4CCCCC4)c3n2)cn1. The van der Waals surface area contributed by atoms with Gasteiger partial charge >= 0.3 is 6.09 Å². The Morgan fingerprint density at radius 3 is 2.51 bits per heavy atom. The second kappa shape index (κ2) is 11.1. The van der Waals surface area contributed by atoms with E-state index in [9.17, 15) is 14.7 Å². The van der Waals surface area contributed by atoms with E-state index in [0.717, 1.165) is 36.9 Å². The van der Waals surface area contributed by atoms with Crippen molar-refractivity contribution in [1.82, 2.24) is 24.4 Å². The van der Waals surface area contributed by atoms with Gasteiger partial charge in [-0.15, -0.1) is 0 Å². The molecule has 5 rings (SSSR count). The molecular weight excluding hydrogens is 472 g/mol. The summed E-state index contributed by atoms with van der Waals surface area (Å²) in [5.74, 6) is 1.61. The number of hydrogen-bond acceptors (Lipinski definition) is 7. The summed E-state index contributed by atoms with van der Waals surface area (Å²) in [6.07, 6.45) is 8.25. The van der Waals surface area contributed by atoms with Gasteiger partial charge in [0.15, 0.2) is 11.5 Å². The number of methoxy groups -OCH3 is 1. The number of rotatable bonds is 7. The number of aromatic nitrogens is 4. The zero-order valence-corrected chi connectivity index (χ0v) is 21.2. The highest BCUT2D eigenvalue weighted by atomic mass is 16.5. The fourth-order valence-corrected chi connectivity index (χ4v) is 5.41. The number of carboxylic acid groups (broad SMARTS) is 1. The molecule has 1 aliphatic heterocycles. The van der Waals surface area contributed by atoms with Gasteiger partial charge in [0.2, 0.25) is 5.88 Å². The molecule has 10 nitrogen and oxygen atoms in total. The molecule has 4 heterocycles. The summed E-state index contributed by atoms with van der Waals surface area (Å²) in [4.78, 5) is 40.2. The van der Waals surface area contributed by atoms with Crippen LogP contribution < -0.4 is 15.6 Å². The Morgan fingerprint density at radius 2 is 1.84 bits per heavy atom. The Balaban J connectivity index is 1.44. The van der Waals surface area contributed by atoms with Gasteiger partial charge in [-0.1, -0.05) is 19.3 Å². The maximum Gasteiger partial charge on any atom is 0.407 e. The topological polar surface area (TPSA) is 122 Å². The number of amides is 1. The molecule has 0 unspecified atom stereocenters. The average molecular weight is 507 g/mol. The van der Waals surface area contributed by atoms with Crippen molar-refractivity contribution in [3.8, 4) is 17.1 Å². The normalized spacial score (nSPS) is 17.2. The summed E-state index contributed by atoms with van der Waals surface area (Å²) in [6, 6.07) is 7.51. The number of anilines is 1. The van der Waals surface area contributed by atoms with Gasteiger partial charge in [-0.05, 0) is 55.7 Å². The van der Waals surface area contributed by atoms with Crippen molar-refractivity contribution in [3.63, 3.8) is 0 Å². The molecule has 0 spiro atoms. The van der Waals surface area contributed by atoms with Crippen LogP contribution in [-0.2, 0) is 6.54 Å². The zero-order chi connectivity index (χ0) is 25.8. The largest absolute Gasteiger partial charge is 0.481 e. The van der Waals surface area contributed by atoms with Crippen LogP contribution in [0.25, 0.3) is 22.4 Å². The first-order valence-corrected chi connectivity index (χ1v) is 13.2. The van der Waals surface area contributed by atoms with E-state index in [2.05, 4.69) is 15.3 Å². The molecule has 2 N–H and O–H groups in total. The van der Waals surface area contributed by atoms with E-state index < -0.39 is 6.09 Å². The lowest BCUT2D eigenvalue weighted by atomic mass is 9.89. The molecule has 2 aliphatic rings. The molecule has 2 fully saturated rings. The number of ether oxygens (including phenoxy) is 1. The van der Waals surface area contributed by atoms with Crippen molar-refractivity contribution in [2.24, 2.45) is 11.8 Å². The maximum atomic E-state index is 13.7. The molecule has 3 aromatic heterocycles. The van der Waals surface area contributed by atoms with Crippen molar-refractivity contribution in [3.05, 3.63) is 40.8 Å². The highest BCUT2D eigenvalue weighted by Gasteiger charge is 2.24. The summed E-state index contributed by atoms with van der Waals surface area (Å²) >= 11 is 0. The van der Waals surface area contributed by atoms with Crippen molar-refractivity contribution >= 4 is 23.1 Å². The zero-order valence-electron chi connectivity index (χ0n) is 21.2. The van der Waals surface area contributed by atoms with Gasteiger partial charge in [-0.3, -0.25) is 9.36 Å². The molecule has 1 saturated heterocycles. The molecule has 196 valence electrons. The second-order valence-corrected chi connectivity index (χ2v) is 10.1. The monoisotopic (exact) mass is 506 g/mol. The Labute approximate surface area is 215 Å². The molecule has 37 heavy (non-hydrogen) atoms. The Bertz CT molecular complexity index is 1290. The van der Waals surface area contributed by atoms with Crippen LogP contribution in [0.2, 0.25) is 0 Å². The smallest absolute Gasteiger partial charge is 0.407 e. The summed E-state index contributed by atoms with van der Waals surface area (Å²) < 4.78 is 6.97. The predicted molar refractivity (Wildman–Crippen MR) is 141 cm³/mol. The van der Waals surface area contributed by atoms with Crippen LogP contribution in [-0.4, -0.2) is 62.4 Å². The van der Waals surface area contributed by atoms with E-state index in [0.29, 0.717) is 60.9 Å². The van der Waals surface area contributed by atoms with Gasteiger partial charge in [0, 0.05) is 44.0 Å². The Hall–Kier alpha value is -3.69. The molecule has 10 heteroatoms. The average Bonchev–Trinajstić information content (AvgIpc) is 2.94. The van der Waals surface area contributed by atoms with Crippen LogP contribution in [0.3, 0.4) is 0 Å². The van der Waals surface area contributed by atoms with Crippen LogP contribution in [0.4, 0.5) is 10.6 Å². The first-order chi connectivity index (χ1) is 18.0. The van der Waals surface area contributed by atoms with Gasteiger partial charge in [0.05, 0.1) is 12.8 Å². The minimum Gasteiger partial charge on any atom is -0.481 e. The molecule has 3 aromatic rings. The second-order valence-electron chi connectivity index (χ2n) is 10.1. The molecule has 0 aromatic carbocycles. The van der Waals surface area contributed by atoms with Crippen LogP contribution in [0.5, 0.6) is 5.88 Å². The predicted octanol–water partition coefficient (Wildman–Crippen LogP) is 4.24. The standard InChI is InChI=1S/C27H34N6O4/c1-37-23-10-7-20(16-28-23)21-8-9-22-25(31-21)33(17-19-5-3-2-4-6-19)26(34)24(30-22)29-15-18-11-13-32(14-12-18)27(35)36/h7-10,16,18-19H,2-6,11-15,17H2,1H3,(H,29,30)(H,35,36). The summed E-state index contributed by atoms with van der Waals surface area (Å²) in [6.45, 7) is 2.26. The van der Waals surface area contributed by atoms with Crippen molar-refractivity contribution < 1.29 is 14.6 Å². The highest BCUT2D eigenvalue weighted by Crippen LogP contribution is 2.27. The van der Waals surface area contributed by atoms with E-state index in [1.54, 1.807) is 23.9 Å². The van der Waals surface area contributed by atoms with Gasteiger partial charge in [0.1, 0.15) is 5.52 Å². The Kier molecular flexibility index (Phi) is 7.52. The summed E-state index contributed by atoms with van der Waals surface area (Å²) in [7, 11) is 1.58. The van der Waals surface area contributed by atoms with E-state index in [1.807, 2.05) is 18.2 Å². The lowest BCUT2D eigenvalue weighted by molar-refractivity contribution is 0.126. The third kappa shape index (κ3) is 5.68. The minimum atomic E-state index is -0.870. The molecule has 1 amide bonds. The molecule has 0 radical (unpaired) electrons. The van der Waals surface area contributed by atoms with E-state index >= 15 is 0 Å². The summed E-state index contributed by atoms with van der Waals surface area (Å²) in [5, 5.41) is 12.5. The molecule has 0 bridgehead atoms. The number of fused-ring (bicyclic) bond motifs is 1. The lowest BCUT2D eigenvalue weighted by Gasteiger charge is -2.30. The number of carbonyl (C=O) groups is 1. The minimum absolute atomic E-state index is 0.154. The number of likely N-dealkylation sites (tertiary alicyclic amines) is 1. The van der Waals surface area contributed by atoms with E-state index in [4.69, 9.17) is 9.72 Å². The number of hydrogen-bond donors (Lipinski definition) is 2. The van der Waals surface area contributed by atoms with E-state index in [-0.39, 0.29) is 5.56 Å². The fraction of sp³-hybridized carbons (Fsp3) is 0.519. The van der Waals surface area contributed by atoms with Crippen LogP contribution in [0, 0.1) is 11.8 Å². The van der Waals surface area contributed by atoms with Gasteiger partial charge in [-0.25, -0.2) is 19.7 Å². The van der Waals surface area contributed by atoms with Gasteiger partial charge in [0.25, 0.3) is 5.56 Å². The van der Waals surface area contributed by atoms with Gasteiger partial charge in [-0.2, -0.15) is 0 Å². The molecule has 0 atom stereocenters. The van der Waals surface area contributed by atoms with Gasteiger partial charge < -0.3 is 20.1 Å². The number of nitrogens with zero attached hydrogens (tertiary/aromatic N) is 5. The van der Waals surface area contributed by atoms with Crippen LogP contribution >= 0.6 is 0 Å². The van der Waals surface area contributed by atoms with Crippen LogP contribution in [0.15, 0.2) is 35.3 Å². The first-order valence-electron chi connectivity index (χ1n) is 13.2. The van der Waals surface area contributed by atoms with Crippen LogP contribution in [0.1, 0.15) is 44.9 Å². The number of piperidine rings is 1. The van der Waals surface area contributed by atoms with E-state index in [1.165, 1.54) is 24.2 Å². The number of pyridine rings is 2. The number of nitrogens with one attached hydrogen (secondary N) is 1. The third-order valence-corrected chi connectivity index (χ3v) is 7.64.